The number of nitrogens with one attached hydrogen (secondary N) is 2. The van der Waals surface area contributed by atoms with E-state index in [1.54, 1.807) is 11.3 Å². The molecule has 0 bridgehead atoms. The van der Waals surface area contributed by atoms with Gasteiger partial charge in [0, 0.05) is 31.4 Å². The molecule has 1 aromatic heterocycles. The van der Waals surface area contributed by atoms with Gasteiger partial charge in [-0.2, -0.15) is 0 Å². The summed E-state index contributed by atoms with van der Waals surface area (Å²) >= 11 is 1.77. The zero-order valence-corrected chi connectivity index (χ0v) is 14.5. The van der Waals surface area contributed by atoms with Crippen molar-refractivity contribution in [2.24, 2.45) is 5.92 Å². The minimum absolute atomic E-state index is 0.159. The van der Waals surface area contributed by atoms with Crippen LogP contribution in [-0.4, -0.2) is 49.0 Å². The zero-order chi connectivity index (χ0) is 15.8. The van der Waals surface area contributed by atoms with E-state index in [1.807, 2.05) is 7.05 Å². The van der Waals surface area contributed by atoms with Gasteiger partial charge in [0.2, 0.25) is 5.91 Å². The quantitative estimate of drug-likeness (QED) is 0.763. The molecule has 22 heavy (non-hydrogen) atoms. The number of rotatable bonds is 8. The first-order valence-electron chi connectivity index (χ1n) is 8.28. The lowest BCUT2D eigenvalue weighted by Crippen LogP contribution is -2.38. The molecule has 1 aliphatic heterocycles. The second-order valence-corrected chi connectivity index (χ2v) is 6.91. The summed E-state index contributed by atoms with van der Waals surface area (Å²) in [6, 6.07) is 0. The van der Waals surface area contributed by atoms with E-state index in [2.05, 4.69) is 32.8 Å². The van der Waals surface area contributed by atoms with Crippen LogP contribution in [0, 0.1) is 5.92 Å². The van der Waals surface area contributed by atoms with Gasteiger partial charge in [0.15, 0.2) is 0 Å². The molecule has 1 aliphatic rings. The molecule has 0 saturated carbocycles. The van der Waals surface area contributed by atoms with Crippen molar-refractivity contribution in [2.45, 2.75) is 39.2 Å². The summed E-state index contributed by atoms with van der Waals surface area (Å²) in [5.74, 6) is 0.780. The van der Waals surface area contributed by atoms with Crippen molar-refractivity contribution in [3.63, 3.8) is 0 Å². The molecule has 2 N–H and O–H groups in total. The first-order valence-corrected chi connectivity index (χ1v) is 9.16. The van der Waals surface area contributed by atoms with Gasteiger partial charge in [-0.25, -0.2) is 4.98 Å². The van der Waals surface area contributed by atoms with E-state index in [-0.39, 0.29) is 5.91 Å². The first-order chi connectivity index (χ1) is 10.7. The summed E-state index contributed by atoms with van der Waals surface area (Å²) in [5, 5.41) is 9.47. The third kappa shape index (κ3) is 5.66. The number of carbonyl (C=O) groups is 1. The second kappa shape index (κ2) is 9.22. The van der Waals surface area contributed by atoms with E-state index in [0.29, 0.717) is 12.3 Å². The van der Waals surface area contributed by atoms with Crippen LogP contribution in [0.2, 0.25) is 0 Å². The molecule has 0 aliphatic carbocycles. The molecule has 0 radical (unpaired) electrons. The van der Waals surface area contributed by atoms with E-state index in [1.165, 1.54) is 10.7 Å². The van der Waals surface area contributed by atoms with Gasteiger partial charge in [-0.05, 0) is 45.3 Å². The lowest BCUT2D eigenvalue weighted by atomic mass is 9.96. The summed E-state index contributed by atoms with van der Waals surface area (Å²) in [7, 11) is 1.87. The number of nitrogens with zero attached hydrogens (tertiary/aromatic N) is 2. The Kier molecular flexibility index (Phi) is 7.29. The van der Waals surface area contributed by atoms with Gasteiger partial charge in [0.25, 0.3) is 0 Å². The third-order valence-electron chi connectivity index (χ3n) is 4.18. The summed E-state index contributed by atoms with van der Waals surface area (Å²) in [5.41, 5.74) is 1.21. The largest absolute Gasteiger partial charge is 0.356 e. The number of carbonyl (C=O) groups excluding carboxylic acids is 1. The van der Waals surface area contributed by atoms with Gasteiger partial charge in [-0.1, -0.05) is 6.92 Å². The molecule has 5 nitrogen and oxygen atoms in total. The topological polar surface area (TPSA) is 57.3 Å². The summed E-state index contributed by atoms with van der Waals surface area (Å²) in [4.78, 5) is 18.7. The van der Waals surface area contributed by atoms with Crippen LogP contribution in [0.1, 0.15) is 36.9 Å². The van der Waals surface area contributed by atoms with Crippen LogP contribution in [0.4, 0.5) is 0 Å². The predicted octanol–water partition coefficient (Wildman–Crippen LogP) is 1.64. The SMILES string of the molecule is CCc1nc(CN2CCC(CNC(=O)CCNC)CC2)cs1. The normalized spacial score (nSPS) is 16.8. The second-order valence-electron chi connectivity index (χ2n) is 5.96. The molecule has 1 aromatic rings. The van der Waals surface area contributed by atoms with Crippen molar-refractivity contribution in [3.8, 4) is 0 Å². The maximum atomic E-state index is 11.6. The zero-order valence-electron chi connectivity index (χ0n) is 13.7. The minimum atomic E-state index is 0.159. The Labute approximate surface area is 137 Å². The maximum Gasteiger partial charge on any atom is 0.221 e. The smallest absolute Gasteiger partial charge is 0.221 e. The van der Waals surface area contributed by atoms with Crippen LogP contribution in [0.15, 0.2) is 5.38 Å². The molecule has 0 aromatic carbocycles. The molecule has 1 saturated heterocycles. The van der Waals surface area contributed by atoms with Crippen LogP contribution < -0.4 is 10.6 Å². The van der Waals surface area contributed by atoms with Gasteiger partial charge < -0.3 is 10.6 Å². The molecule has 0 spiro atoms. The lowest BCUT2D eigenvalue weighted by molar-refractivity contribution is -0.121. The Bertz CT molecular complexity index is 455. The van der Waals surface area contributed by atoms with Crippen molar-refractivity contribution in [1.29, 1.82) is 0 Å². The standard InChI is InChI=1S/C16H28N4OS/c1-3-16-19-14(12-22-16)11-20-8-5-13(6-9-20)10-18-15(21)4-7-17-2/h12-13,17H,3-11H2,1-2H3,(H,18,21). The van der Waals surface area contributed by atoms with E-state index in [0.717, 1.165) is 52.0 Å². The number of aryl methyl sites for hydroxylation is 1. The van der Waals surface area contributed by atoms with E-state index < -0.39 is 0 Å². The molecule has 124 valence electrons. The lowest BCUT2D eigenvalue weighted by Gasteiger charge is -2.31. The van der Waals surface area contributed by atoms with Gasteiger partial charge in [0.1, 0.15) is 0 Å². The Morgan fingerprint density at radius 1 is 1.45 bits per heavy atom. The van der Waals surface area contributed by atoms with Gasteiger partial charge in [-0.3, -0.25) is 9.69 Å². The number of amides is 1. The van der Waals surface area contributed by atoms with Crippen LogP contribution >= 0.6 is 11.3 Å². The molecular formula is C16H28N4OS. The highest BCUT2D eigenvalue weighted by molar-refractivity contribution is 7.09. The molecular weight excluding hydrogens is 296 g/mol. The van der Waals surface area contributed by atoms with Crippen LogP contribution in [-0.2, 0) is 17.8 Å². The molecule has 0 atom stereocenters. The summed E-state index contributed by atoms with van der Waals surface area (Å²) in [6.07, 6.45) is 3.92. The minimum Gasteiger partial charge on any atom is -0.356 e. The maximum absolute atomic E-state index is 11.6. The Hall–Kier alpha value is -0.980. The van der Waals surface area contributed by atoms with Crippen LogP contribution in [0.5, 0.6) is 0 Å². The first kappa shape index (κ1) is 17.4. The van der Waals surface area contributed by atoms with Crippen molar-refractivity contribution in [1.82, 2.24) is 20.5 Å². The number of likely N-dealkylation sites (tertiary alicyclic amines) is 1. The number of aromatic nitrogens is 1. The number of thiazole rings is 1. The van der Waals surface area contributed by atoms with Gasteiger partial charge in [-0.15, -0.1) is 11.3 Å². The van der Waals surface area contributed by atoms with E-state index >= 15 is 0 Å². The van der Waals surface area contributed by atoms with Crippen molar-refractivity contribution in [2.75, 3.05) is 33.2 Å². The third-order valence-corrected chi connectivity index (χ3v) is 5.23. The molecule has 1 fully saturated rings. The highest BCUT2D eigenvalue weighted by Gasteiger charge is 2.20. The monoisotopic (exact) mass is 324 g/mol. The van der Waals surface area contributed by atoms with Crippen molar-refractivity contribution < 1.29 is 4.79 Å². The van der Waals surface area contributed by atoms with E-state index in [9.17, 15) is 4.79 Å². The van der Waals surface area contributed by atoms with Gasteiger partial charge in [0.05, 0.1) is 10.7 Å². The summed E-state index contributed by atoms with van der Waals surface area (Å²) in [6.45, 7) is 6.91. The molecule has 1 amide bonds. The van der Waals surface area contributed by atoms with Crippen molar-refractivity contribution >= 4 is 17.2 Å². The number of piperidine rings is 1. The van der Waals surface area contributed by atoms with Crippen LogP contribution in [0.25, 0.3) is 0 Å². The van der Waals surface area contributed by atoms with Crippen molar-refractivity contribution in [3.05, 3.63) is 16.1 Å². The summed E-state index contributed by atoms with van der Waals surface area (Å²) < 4.78 is 0. The Morgan fingerprint density at radius 3 is 2.86 bits per heavy atom. The highest BCUT2D eigenvalue weighted by Crippen LogP contribution is 2.19. The van der Waals surface area contributed by atoms with Gasteiger partial charge >= 0.3 is 0 Å². The molecule has 2 heterocycles. The molecule has 0 unspecified atom stereocenters. The fourth-order valence-corrected chi connectivity index (χ4v) is 3.48. The number of hydrogen-bond donors (Lipinski definition) is 2. The molecule has 6 heteroatoms. The Morgan fingerprint density at radius 2 is 2.23 bits per heavy atom. The fraction of sp³-hybridized carbons (Fsp3) is 0.750. The van der Waals surface area contributed by atoms with E-state index in [4.69, 9.17) is 0 Å². The average Bonchev–Trinajstić information content (AvgIpc) is 3.00. The molecule has 2 rings (SSSR count). The number of hydrogen-bond acceptors (Lipinski definition) is 5. The average molecular weight is 324 g/mol. The highest BCUT2D eigenvalue weighted by atomic mass is 32.1. The predicted molar refractivity (Wildman–Crippen MR) is 91.0 cm³/mol. The fourth-order valence-electron chi connectivity index (χ4n) is 2.75. The van der Waals surface area contributed by atoms with Crippen LogP contribution in [0.3, 0.4) is 0 Å². The Balaban J connectivity index is 1.64.